The Kier molecular flexibility index (Phi) is 4.27. The number of hydrogen-bond acceptors (Lipinski definition) is 3. The number of rotatable bonds is 6. The Morgan fingerprint density at radius 1 is 0.955 bits per heavy atom. The second-order valence-corrected chi connectivity index (χ2v) is 6.86. The van der Waals surface area contributed by atoms with Crippen molar-refractivity contribution in [1.82, 2.24) is 4.72 Å². The van der Waals surface area contributed by atoms with Crippen molar-refractivity contribution < 1.29 is 12.8 Å². The van der Waals surface area contributed by atoms with Gasteiger partial charge in [-0.25, -0.2) is 13.1 Å². The number of nitrogens with one attached hydrogen (secondary N) is 1. The molecule has 0 radical (unpaired) electrons. The highest BCUT2D eigenvalue weighted by Gasteiger charge is 2.13. The van der Waals surface area contributed by atoms with Crippen LogP contribution in [0.25, 0.3) is 10.8 Å². The highest BCUT2D eigenvalue weighted by atomic mass is 32.2. The minimum atomic E-state index is -3.47. The van der Waals surface area contributed by atoms with Crippen LogP contribution >= 0.6 is 0 Å². The summed E-state index contributed by atoms with van der Waals surface area (Å²) in [4.78, 5) is 0.296. The molecule has 2 aromatic carbocycles. The molecule has 0 saturated carbocycles. The van der Waals surface area contributed by atoms with Crippen molar-refractivity contribution in [2.75, 3.05) is 6.54 Å². The quantitative estimate of drug-likeness (QED) is 0.710. The van der Waals surface area contributed by atoms with Crippen molar-refractivity contribution >= 4 is 20.8 Å². The van der Waals surface area contributed by atoms with Crippen LogP contribution in [-0.2, 0) is 16.4 Å². The molecule has 0 aliphatic carbocycles. The summed E-state index contributed by atoms with van der Waals surface area (Å²) in [5, 5.41) is 1.94. The summed E-state index contributed by atoms with van der Waals surface area (Å²) in [6.07, 6.45) is 3.03. The Hall–Kier alpha value is -2.11. The normalized spacial score (nSPS) is 11.8. The molecule has 1 aromatic heterocycles. The van der Waals surface area contributed by atoms with Crippen LogP contribution in [0.5, 0.6) is 0 Å². The zero-order chi connectivity index (χ0) is 15.4. The number of sulfonamides is 1. The second-order valence-electron chi connectivity index (χ2n) is 5.09. The van der Waals surface area contributed by atoms with E-state index in [1.165, 1.54) is 0 Å². The van der Waals surface area contributed by atoms with Crippen LogP contribution in [-0.4, -0.2) is 15.0 Å². The van der Waals surface area contributed by atoms with Crippen molar-refractivity contribution in [1.29, 1.82) is 0 Å². The van der Waals surface area contributed by atoms with E-state index < -0.39 is 10.0 Å². The summed E-state index contributed by atoms with van der Waals surface area (Å²) < 4.78 is 32.5. The molecule has 1 heterocycles. The molecule has 0 amide bonds. The molecule has 0 unspecified atom stereocenters. The Labute approximate surface area is 129 Å². The minimum Gasteiger partial charge on any atom is -0.469 e. The number of benzene rings is 2. The van der Waals surface area contributed by atoms with E-state index in [9.17, 15) is 8.42 Å². The van der Waals surface area contributed by atoms with E-state index in [2.05, 4.69) is 4.72 Å². The van der Waals surface area contributed by atoms with Gasteiger partial charge in [-0.2, -0.15) is 0 Å². The first-order valence-electron chi connectivity index (χ1n) is 7.16. The fourth-order valence-electron chi connectivity index (χ4n) is 2.34. The third-order valence-electron chi connectivity index (χ3n) is 3.50. The van der Waals surface area contributed by atoms with E-state index >= 15 is 0 Å². The molecule has 0 spiro atoms. The van der Waals surface area contributed by atoms with Gasteiger partial charge < -0.3 is 4.42 Å². The predicted octanol–water partition coefficient (Wildman–Crippen LogP) is 3.34. The third-order valence-corrected chi connectivity index (χ3v) is 4.96. The van der Waals surface area contributed by atoms with E-state index in [-0.39, 0.29) is 0 Å². The summed E-state index contributed by atoms with van der Waals surface area (Å²) in [7, 11) is -3.47. The monoisotopic (exact) mass is 315 g/mol. The van der Waals surface area contributed by atoms with Crippen LogP contribution < -0.4 is 4.72 Å². The van der Waals surface area contributed by atoms with Crippen molar-refractivity contribution in [3.05, 3.63) is 66.6 Å². The van der Waals surface area contributed by atoms with E-state index in [0.717, 1.165) is 16.5 Å². The average Bonchev–Trinajstić information content (AvgIpc) is 3.04. The second kappa shape index (κ2) is 6.34. The van der Waals surface area contributed by atoms with Gasteiger partial charge in [0.05, 0.1) is 11.2 Å². The number of furan rings is 1. The number of fused-ring (bicyclic) bond motifs is 1. The largest absolute Gasteiger partial charge is 0.469 e. The Bertz CT molecular complexity index is 855. The van der Waals surface area contributed by atoms with E-state index in [0.29, 0.717) is 24.3 Å². The van der Waals surface area contributed by atoms with Gasteiger partial charge in [-0.3, -0.25) is 0 Å². The summed E-state index contributed by atoms with van der Waals surface area (Å²) in [6.45, 7) is 0.385. The topological polar surface area (TPSA) is 59.3 Å². The van der Waals surface area contributed by atoms with E-state index in [1.54, 1.807) is 18.4 Å². The van der Waals surface area contributed by atoms with E-state index in [1.807, 2.05) is 42.5 Å². The lowest BCUT2D eigenvalue weighted by Gasteiger charge is -2.07. The summed E-state index contributed by atoms with van der Waals surface area (Å²) in [5.41, 5.74) is 0. The molecular weight excluding hydrogens is 298 g/mol. The molecule has 0 aliphatic rings. The van der Waals surface area contributed by atoms with Gasteiger partial charge in [-0.15, -0.1) is 0 Å². The van der Waals surface area contributed by atoms with Gasteiger partial charge in [-0.05, 0) is 41.5 Å². The highest BCUT2D eigenvalue weighted by Crippen LogP contribution is 2.18. The first-order chi connectivity index (χ1) is 10.6. The van der Waals surface area contributed by atoms with Crippen LogP contribution in [0.2, 0.25) is 0 Å². The molecule has 0 fully saturated rings. The van der Waals surface area contributed by atoms with E-state index in [4.69, 9.17) is 4.42 Å². The Balaban J connectivity index is 1.66. The summed E-state index contributed by atoms with van der Waals surface area (Å²) >= 11 is 0. The summed E-state index contributed by atoms with van der Waals surface area (Å²) in [5.74, 6) is 0.866. The van der Waals surface area contributed by atoms with Crippen LogP contribution in [0, 0.1) is 0 Å². The summed E-state index contributed by atoms with van der Waals surface area (Å²) in [6, 6.07) is 16.6. The molecule has 3 rings (SSSR count). The van der Waals surface area contributed by atoms with Crippen molar-refractivity contribution in [3.8, 4) is 0 Å². The predicted molar refractivity (Wildman–Crippen MR) is 86.2 cm³/mol. The Morgan fingerprint density at radius 3 is 2.55 bits per heavy atom. The maximum absolute atomic E-state index is 12.3. The first-order valence-corrected chi connectivity index (χ1v) is 8.64. The molecule has 5 heteroatoms. The fraction of sp³-hybridized carbons (Fsp3) is 0.176. The van der Waals surface area contributed by atoms with Gasteiger partial charge in [0.2, 0.25) is 10.0 Å². The molecule has 114 valence electrons. The SMILES string of the molecule is O=S(=O)(NCCCc1ccco1)c1ccc2ccccc2c1. The smallest absolute Gasteiger partial charge is 0.240 e. The molecule has 0 aliphatic heterocycles. The number of hydrogen-bond donors (Lipinski definition) is 1. The van der Waals surface area contributed by atoms with Gasteiger partial charge in [0.15, 0.2) is 0 Å². The van der Waals surface area contributed by atoms with Gasteiger partial charge >= 0.3 is 0 Å². The standard InChI is InChI=1S/C17H17NO3S/c19-22(20,18-11-3-7-16-8-4-12-21-16)17-10-9-14-5-1-2-6-15(14)13-17/h1-2,4-6,8-10,12-13,18H,3,7,11H2. The highest BCUT2D eigenvalue weighted by molar-refractivity contribution is 7.89. The lowest BCUT2D eigenvalue weighted by Crippen LogP contribution is -2.25. The van der Waals surface area contributed by atoms with Gasteiger partial charge in [-0.1, -0.05) is 30.3 Å². The third kappa shape index (κ3) is 3.37. The minimum absolute atomic E-state index is 0.296. The van der Waals surface area contributed by atoms with Crippen molar-refractivity contribution in [2.24, 2.45) is 0 Å². The molecule has 0 saturated heterocycles. The van der Waals surface area contributed by atoms with Crippen molar-refractivity contribution in [3.63, 3.8) is 0 Å². The van der Waals surface area contributed by atoms with Crippen LogP contribution in [0.1, 0.15) is 12.2 Å². The molecule has 1 N–H and O–H groups in total. The number of aryl methyl sites for hydroxylation is 1. The first kappa shape index (κ1) is 14.8. The fourth-order valence-corrected chi connectivity index (χ4v) is 3.45. The van der Waals surface area contributed by atoms with Gasteiger partial charge in [0.25, 0.3) is 0 Å². The maximum atomic E-state index is 12.3. The zero-order valence-electron chi connectivity index (χ0n) is 12.0. The Morgan fingerprint density at radius 2 is 1.77 bits per heavy atom. The van der Waals surface area contributed by atoms with Crippen LogP contribution in [0.4, 0.5) is 0 Å². The van der Waals surface area contributed by atoms with Gasteiger partial charge in [0, 0.05) is 13.0 Å². The molecule has 0 bridgehead atoms. The maximum Gasteiger partial charge on any atom is 0.240 e. The van der Waals surface area contributed by atoms with Crippen LogP contribution in [0.15, 0.2) is 70.2 Å². The lowest BCUT2D eigenvalue weighted by atomic mass is 10.1. The molecule has 0 atom stereocenters. The van der Waals surface area contributed by atoms with Crippen LogP contribution in [0.3, 0.4) is 0 Å². The average molecular weight is 315 g/mol. The molecule has 22 heavy (non-hydrogen) atoms. The molecule has 4 nitrogen and oxygen atoms in total. The lowest BCUT2D eigenvalue weighted by molar-refractivity contribution is 0.500. The molecule has 3 aromatic rings. The zero-order valence-corrected chi connectivity index (χ0v) is 12.8. The van der Waals surface area contributed by atoms with Gasteiger partial charge in [0.1, 0.15) is 5.76 Å². The molecular formula is C17H17NO3S. The van der Waals surface area contributed by atoms with Crippen molar-refractivity contribution in [2.45, 2.75) is 17.7 Å².